The van der Waals surface area contributed by atoms with Gasteiger partial charge in [0.2, 0.25) is 0 Å². The first-order valence-electron chi connectivity index (χ1n) is 6.87. The van der Waals surface area contributed by atoms with Crippen LogP contribution in [0.4, 0.5) is 5.82 Å². The highest BCUT2D eigenvalue weighted by Gasteiger charge is 2.28. The van der Waals surface area contributed by atoms with E-state index in [1.54, 1.807) is 5.51 Å². The number of thiazole rings is 1. The maximum Gasteiger partial charge on any atom is 0.263 e. The molecule has 0 aliphatic carbocycles. The van der Waals surface area contributed by atoms with Crippen LogP contribution in [0.1, 0.15) is 21.1 Å². The Morgan fingerprint density at radius 2 is 2.19 bits per heavy atom. The van der Waals surface area contributed by atoms with Crippen molar-refractivity contribution in [3.8, 4) is 0 Å². The molecule has 1 aliphatic rings. The van der Waals surface area contributed by atoms with Crippen LogP contribution in [0.25, 0.3) is 0 Å². The van der Waals surface area contributed by atoms with E-state index in [4.69, 9.17) is 0 Å². The molecule has 3 rings (SSSR count). The zero-order valence-corrected chi connectivity index (χ0v) is 12.9. The SMILES string of the molecule is Cc1ccc(N2CC(CNC(=O)c3scnc3C)C2)nn1. The van der Waals surface area contributed by atoms with Gasteiger partial charge in [-0.25, -0.2) is 4.98 Å². The summed E-state index contributed by atoms with van der Waals surface area (Å²) in [6, 6.07) is 3.95. The fourth-order valence-corrected chi connectivity index (χ4v) is 3.00. The predicted molar refractivity (Wildman–Crippen MR) is 81.7 cm³/mol. The molecule has 1 aliphatic heterocycles. The van der Waals surface area contributed by atoms with Crippen LogP contribution < -0.4 is 10.2 Å². The summed E-state index contributed by atoms with van der Waals surface area (Å²) in [4.78, 5) is 18.9. The minimum absolute atomic E-state index is 0.0245. The lowest BCUT2D eigenvalue weighted by atomic mass is 10.0. The second-order valence-electron chi connectivity index (χ2n) is 5.28. The first-order valence-corrected chi connectivity index (χ1v) is 7.75. The van der Waals surface area contributed by atoms with Gasteiger partial charge in [0.1, 0.15) is 4.88 Å². The summed E-state index contributed by atoms with van der Waals surface area (Å²) in [5.74, 6) is 1.34. The predicted octanol–water partition coefficient (Wildman–Crippen LogP) is 1.42. The highest BCUT2D eigenvalue weighted by Crippen LogP contribution is 2.21. The summed E-state index contributed by atoms with van der Waals surface area (Å²) < 4.78 is 0. The fraction of sp³-hybridized carbons (Fsp3) is 0.429. The van der Waals surface area contributed by atoms with Crippen molar-refractivity contribution >= 4 is 23.1 Å². The Labute approximate surface area is 127 Å². The molecule has 0 radical (unpaired) electrons. The largest absolute Gasteiger partial charge is 0.354 e. The number of aromatic nitrogens is 3. The van der Waals surface area contributed by atoms with Crippen molar-refractivity contribution in [1.82, 2.24) is 20.5 Å². The number of nitrogens with one attached hydrogen (secondary N) is 1. The lowest BCUT2D eigenvalue weighted by Gasteiger charge is -2.39. The summed E-state index contributed by atoms with van der Waals surface area (Å²) in [7, 11) is 0. The number of hydrogen-bond acceptors (Lipinski definition) is 6. The molecule has 6 nitrogen and oxygen atoms in total. The lowest BCUT2D eigenvalue weighted by molar-refractivity contribution is 0.0948. The Balaban J connectivity index is 1.46. The van der Waals surface area contributed by atoms with Crippen molar-refractivity contribution in [2.45, 2.75) is 13.8 Å². The van der Waals surface area contributed by atoms with Gasteiger partial charge in [0.25, 0.3) is 5.91 Å². The van der Waals surface area contributed by atoms with Gasteiger partial charge in [-0.1, -0.05) is 0 Å². The summed E-state index contributed by atoms with van der Waals surface area (Å²) >= 11 is 1.38. The molecule has 1 amide bonds. The molecule has 3 heterocycles. The normalized spacial score (nSPS) is 14.9. The first-order chi connectivity index (χ1) is 10.1. The van der Waals surface area contributed by atoms with Gasteiger partial charge in [0.05, 0.1) is 16.9 Å². The van der Waals surface area contributed by atoms with Gasteiger partial charge in [-0.15, -0.1) is 16.4 Å². The topological polar surface area (TPSA) is 71.0 Å². The molecule has 0 atom stereocenters. The van der Waals surface area contributed by atoms with Crippen LogP contribution in [0.5, 0.6) is 0 Å². The van der Waals surface area contributed by atoms with Crippen LogP contribution in [0, 0.1) is 19.8 Å². The Bertz CT molecular complexity index is 633. The maximum atomic E-state index is 12.0. The molecule has 0 saturated carbocycles. The minimum Gasteiger partial charge on any atom is -0.354 e. The van der Waals surface area contributed by atoms with E-state index in [2.05, 4.69) is 25.4 Å². The number of rotatable bonds is 4. The van der Waals surface area contributed by atoms with Crippen molar-refractivity contribution in [2.24, 2.45) is 5.92 Å². The third-order valence-electron chi connectivity index (χ3n) is 3.57. The summed E-state index contributed by atoms with van der Waals surface area (Å²) in [6.07, 6.45) is 0. The molecule has 21 heavy (non-hydrogen) atoms. The van der Waals surface area contributed by atoms with Gasteiger partial charge in [-0.2, -0.15) is 5.10 Å². The van der Waals surface area contributed by atoms with Crippen LogP contribution >= 0.6 is 11.3 Å². The Morgan fingerprint density at radius 3 is 2.81 bits per heavy atom. The number of aryl methyl sites for hydroxylation is 2. The molecule has 0 bridgehead atoms. The average molecular weight is 303 g/mol. The highest BCUT2D eigenvalue weighted by molar-refractivity contribution is 7.11. The first kappa shape index (κ1) is 13.9. The molecule has 0 unspecified atom stereocenters. The molecule has 7 heteroatoms. The molecule has 2 aromatic heterocycles. The van der Waals surface area contributed by atoms with E-state index < -0.39 is 0 Å². The van der Waals surface area contributed by atoms with Crippen LogP contribution in [0.3, 0.4) is 0 Å². The minimum atomic E-state index is -0.0245. The van der Waals surface area contributed by atoms with E-state index >= 15 is 0 Å². The van der Waals surface area contributed by atoms with Gasteiger partial charge >= 0.3 is 0 Å². The Hall–Kier alpha value is -2.02. The quantitative estimate of drug-likeness (QED) is 0.925. The molecule has 2 aromatic rings. The standard InChI is InChI=1S/C14H17N5OS/c1-9-3-4-12(18-17-9)19-6-11(7-19)5-15-14(20)13-10(2)16-8-21-13/h3-4,8,11H,5-7H2,1-2H3,(H,15,20). The average Bonchev–Trinajstić information content (AvgIpc) is 2.85. The van der Waals surface area contributed by atoms with Crippen molar-refractivity contribution < 1.29 is 4.79 Å². The van der Waals surface area contributed by atoms with Crippen molar-refractivity contribution in [2.75, 3.05) is 24.5 Å². The van der Waals surface area contributed by atoms with E-state index in [0.717, 1.165) is 30.3 Å². The smallest absolute Gasteiger partial charge is 0.263 e. The second kappa shape index (κ2) is 5.77. The van der Waals surface area contributed by atoms with Crippen LogP contribution in [-0.4, -0.2) is 40.7 Å². The molecular formula is C14H17N5OS. The van der Waals surface area contributed by atoms with E-state index in [0.29, 0.717) is 17.3 Å². The number of carbonyl (C=O) groups is 1. The summed E-state index contributed by atoms with van der Waals surface area (Å²) in [5.41, 5.74) is 3.41. The van der Waals surface area contributed by atoms with Gasteiger partial charge in [0.15, 0.2) is 5.82 Å². The van der Waals surface area contributed by atoms with Gasteiger partial charge in [0, 0.05) is 25.6 Å². The number of nitrogens with zero attached hydrogens (tertiary/aromatic N) is 4. The third-order valence-corrected chi connectivity index (χ3v) is 4.50. The summed E-state index contributed by atoms with van der Waals surface area (Å²) in [5, 5.41) is 11.2. The fourth-order valence-electron chi connectivity index (χ4n) is 2.28. The number of hydrogen-bond donors (Lipinski definition) is 1. The number of anilines is 1. The van der Waals surface area contributed by atoms with Crippen molar-refractivity contribution in [3.05, 3.63) is 33.9 Å². The van der Waals surface area contributed by atoms with Crippen molar-refractivity contribution in [1.29, 1.82) is 0 Å². The van der Waals surface area contributed by atoms with Gasteiger partial charge in [-0.3, -0.25) is 4.79 Å². The molecule has 1 fully saturated rings. The van der Waals surface area contributed by atoms with Crippen LogP contribution in [0.15, 0.2) is 17.6 Å². The third kappa shape index (κ3) is 3.02. The molecule has 110 valence electrons. The highest BCUT2D eigenvalue weighted by atomic mass is 32.1. The number of amides is 1. The van der Waals surface area contributed by atoms with E-state index in [9.17, 15) is 4.79 Å². The second-order valence-corrected chi connectivity index (χ2v) is 6.14. The van der Waals surface area contributed by atoms with Crippen molar-refractivity contribution in [3.63, 3.8) is 0 Å². The van der Waals surface area contributed by atoms with Gasteiger partial charge < -0.3 is 10.2 Å². The molecular weight excluding hydrogens is 286 g/mol. The molecule has 0 spiro atoms. The number of carbonyl (C=O) groups excluding carboxylic acids is 1. The maximum absolute atomic E-state index is 12.0. The monoisotopic (exact) mass is 303 g/mol. The zero-order chi connectivity index (χ0) is 14.8. The molecule has 1 saturated heterocycles. The Morgan fingerprint density at radius 1 is 1.38 bits per heavy atom. The van der Waals surface area contributed by atoms with E-state index in [1.807, 2.05) is 26.0 Å². The lowest BCUT2D eigenvalue weighted by Crippen LogP contribution is -2.51. The van der Waals surface area contributed by atoms with Crippen LogP contribution in [-0.2, 0) is 0 Å². The molecule has 0 aromatic carbocycles. The zero-order valence-electron chi connectivity index (χ0n) is 12.0. The van der Waals surface area contributed by atoms with Crippen LogP contribution in [0.2, 0.25) is 0 Å². The van der Waals surface area contributed by atoms with Gasteiger partial charge in [-0.05, 0) is 26.0 Å². The van der Waals surface area contributed by atoms with E-state index in [-0.39, 0.29) is 5.91 Å². The molecule has 1 N–H and O–H groups in total. The Kier molecular flexibility index (Phi) is 3.83. The summed E-state index contributed by atoms with van der Waals surface area (Å²) in [6.45, 7) is 6.27. The van der Waals surface area contributed by atoms with E-state index in [1.165, 1.54) is 11.3 Å².